The van der Waals surface area contributed by atoms with E-state index in [0.29, 0.717) is 24.6 Å². The normalized spacial score (nSPS) is 15.2. The molecule has 0 saturated carbocycles. The molecule has 4 rings (SSSR count). The molecule has 1 fully saturated rings. The maximum absolute atomic E-state index is 13.5. The molecule has 1 amide bonds. The Hall–Kier alpha value is -3.80. The number of alkyl halides is 5. The van der Waals surface area contributed by atoms with Crippen LogP contribution in [0.15, 0.2) is 60.9 Å². The van der Waals surface area contributed by atoms with Gasteiger partial charge >= 0.3 is 12.1 Å². The van der Waals surface area contributed by atoms with E-state index < -0.39 is 23.6 Å². The molecular weight excluding hydrogens is 509 g/mol. The number of ether oxygens (including phenoxy) is 1. The summed E-state index contributed by atoms with van der Waals surface area (Å²) in [6, 6.07) is 9.89. The Kier molecular flexibility index (Phi) is 8.10. The number of anilines is 2. The van der Waals surface area contributed by atoms with E-state index in [1.807, 2.05) is 6.07 Å². The van der Waals surface area contributed by atoms with Crippen molar-refractivity contribution < 1.29 is 31.5 Å². The maximum Gasteiger partial charge on any atom is 0.458 e. The lowest BCUT2D eigenvalue weighted by atomic mass is 10.1. The smallest absolute Gasteiger partial charge is 0.458 e. The molecule has 0 atom stereocenters. The van der Waals surface area contributed by atoms with Crippen LogP contribution in [0.1, 0.15) is 34.3 Å². The molecule has 1 aromatic carbocycles. The summed E-state index contributed by atoms with van der Waals surface area (Å²) in [5, 5.41) is 5.59. The van der Waals surface area contributed by atoms with Crippen molar-refractivity contribution in [3.8, 4) is 5.88 Å². The van der Waals surface area contributed by atoms with Gasteiger partial charge in [-0.25, -0.2) is 9.97 Å². The summed E-state index contributed by atoms with van der Waals surface area (Å²) < 4.78 is 70.8. The number of carbonyl (C=O) groups is 1. The van der Waals surface area contributed by atoms with Gasteiger partial charge in [0, 0.05) is 49.3 Å². The number of nitrogens with zero attached hydrogens (tertiary/aromatic N) is 3. The fourth-order valence-corrected chi connectivity index (χ4v) is 3.94. The number of halogens is 5. The summed E-state index contributed by atoms with van der Waals surface area (Å²) in [5.74, 6) is -4.84. The predicted molar refractivity (Wildman–Crippen MR) is 131 cm³/mol. The largest absolute Gasteiger partial charge is 0.474 e. The van der Waals surface area contributed by atoms with Crippen molar-refractivity contribution in [1.82, 2.24) is 14.9 Å². The number of likely N-dealkylation sites (tertiary alicyclic amines) is 1. The molecule has 3 heterocycles. The fraction of sp³-hybridized carbons (Fsp3) is 0.346. The zero-order valence-electron chi connectivity index (χ0n) is 20.4. The number of piperidine rings is 1. The molecule has 0 spiro atoms. The van der Waals surface area contributed by atoms with Crippen LogP contribution in [0.3, 0.4) is 0 Å². The Balaban J connectivity index is 1.39. The molecule has 1 aliphatic rings. The molecule has 1 aliphatic heterocycles. The Labute approximate surface area is 216 Å². The fourth-order valence-electron chi connectivity index (χ4n) is 3.94. The van der Waals surface area contributed by atoms with Crippen molar-refractivity contribution >= 4 is 17.4 Å². The minimum Gasteiger partial charge on any atom is -0.474 e. The Morgan fingerprint density at radius 1 is 1.03 bits per heavy atom. The molecule has 12 heteroatoms. The van der Waals surface area contributed by atoms with Gasteiger partial charge in [0.1, 0.15) is 11.9 Å². The van der Waals surface area contributed by atoms with Crippen molar-refractivity contribution in [2.45, 2.75) is 37.6 Å². The average Bonchev–Trinajstić information content (AvgIpc) is 2.89. The van der Waals surface area contributed by atoms with E-state index in [-0.39, 0.29) is 23.2 Å². The number of rotatable bonds is 8. The Morgan fingerprint density at radius 2 is 1.74 bits per heavy atom. The molecule has 38 heavy (non-hydrogen) atoms. The van der Waals surface area contributed by atoms with E-state index >= 15 is 0 Å². The van der Waals surface area contributed by atoms with Gasteiger partial charge in [-0.15, -0.1) is 0 Å². The second-order valence-corrected chi connectivity index (χ2v) is 8.98. The highest BCUT2D eigenvalue weighted by atomic mass is 19.4. The number of pyridine rings is 2. The van der Waals surface area contributed by atoms with Crippen molar-refractivity contribution in [2.24, 2.45) is 0 Å². The Bertz CT molecular complexity index is 1250. The molecule has 0 aliphatic carbocycles. The lowest BCUT2D eigenvalue weighted by Gasteiger charge is -2.29. The SMILES string of the molecule is CN1CCC(Oc2cc(CNc3ncccc3C(=O)Nc3ccc(C(F)(F)C(F)(F)F)cc3)ccn2)CC1. The van der Waals surface area contributed by atoms with Gasteiger partial charge < -0.3 is 20.3 Å². The molecule has 2 aromatic heterocycles. The summed E-state index contributed by atoms with van der Waals surface area (Å²) in [6.07, 6.45) is -0.654. The lowest BCUT2D eigenvalue weighted by Crippen LogP contribution is -2.35. The van der Waals surface area contributed by atoms with E-state index in [0.717, 1.165) is 43.6 Å². The number of amides is 1. The van der Waals surface area contributed by atoms with Crippen LogP contribution in [-0.4, -0.2) is 53.2 Å². The standard InChI is InChI=1S/C26H26F5N5O2/c1-36-13-9-20(10-14-36)38-22-15-17(8-12-32-22)16-34-23-21(3-2-11-33-23)24(37)35-19-6-4-18(5-7-19)25(27,28)26(29,30)31/h2-8,11-12,15,20H,9-10,13-14,16H2,1H3,(H,33,34)(H,35,37). The van der Waals surface area contributed by atoms with Crippen LogP contribution in [0.2, 0.25) is 0 Å². The highest BCUT2D eigenvalue weighted by molar-refractivity contribution is 6.07. The Morgan fingerprint density at radius 3 is 2.42 bits per heavy atom. The molecule has 1 saturated heterocycles. The number of hydrogen-bond acceptors (Lipinski definition) is 6. The number of carbonyl (C=O) groups excluding carboxylic acids is 1. The third-order valence-corrected chi connectivity index (χ3v) is 6.13. The van der Waals surface area contributed by atoms with Crippen molar-refractivity contribution in [2.75, 3.05) is 30.8 Å². The summed E-state index contributed by atoms with van der Waals surface area (Å²) in [7, 11) is 2.07. The van der Waals surface area contributed by atoms with Gasteiger partial charge in [0.2, 0.25) is 5.88 Å². The highest BCUT2D eigenvalue weighted by Crippen LogP contribution is 2.43. The first kappa shape index (κ1) is 27.2. The zero-order valence-corrected chi connectivity index (χ0v) is 20.4. The topological polar surface area (TPSA) is 79.4 Å². The summed E-state index contributed by atoms with van der Waals surface area (Å²) in [6.45, 7) is 2.23. The van der Waals surface area contributed by atoms with Crippen LogP contribution in [-0.2, 0) is 12.5 Å². The van der Waals surface area contributed by atoms with E-state index in [1.165, 1.54) is 12.3 Å². The van der Waals surface area contributed by atoms with Crippen LogP contribution < -0.4 is 15.4 Å². The lowest BCUT2D eigenvalue weighted by molar-refractivity contribution is -0.289. The molecule has 7 nitrogen and oxygen atoms in total. The van der Waals surface area contributed by atoms with Gasteiger partial charge in [-0.1, -0.05) is 12.1 Å². The van der Waals surface area contributed by atoms with E-state index in [9.17, 15) is 26.7 Å². The summed E-state index contributed by atoms with van der Waals surface area (Å²) in [5.41, 5.74) is -0.158. The summed E-state index contributed by atoms with van der Waals surface area (Å²) >= 11 is 0. The first-order chi connectivity index (χ1) is 18.0. The van der Waals surface area contributed by atoms with Gasteiger partial charge in [-0.05, 0) is 55.8 Å². The minimum absolute atomic E-state index is 0.0522. The van der Waals surface area contributed by atoms with Gasteiger partial charge in [-0.2, -0.15) is 22.0 Å². The minimum atomic E-state index is -5.72. The predicted octanol–water partition coefficient (Wildman–Crippen LogP) is 5.47. The van der Waals surface area contributed by atoms with Crippen LogP contribution in [0.4, 0.5) is 33.5 Å². The van der Waals surface area contributed by atoms with Gasteiger partial charge in [0.25, 0.3) is 5.91 Å². The zero-order chi connectivity index (χ0) is 27.3. The van der Waals surface area contributed by atoms with E-state index in [2.05, 4.69) is 32.5 Å². The van der Waals surface area contributed by atoms with Crippen LogP contribution in [0.5, 0.6) is 5.88 Å². The van der Waals surface area contributed by atoms with Crippen molar-refractivity contribution in [3.63, 3.8) is 0 Å². The van der Waals surface area contributed by atoms with Gasteiger partial charge in [0.15, 0.2) is 0 Å². The van der Waals surface area contributed by atoms with E-state index in [4.69, 9.17) is 4.74 Å². The van der Waals surface area contributed by atoms with Gasteiger partial charge in [0.05, 0.1) is 5.56 Å². The second-order valence-electron chi connectivity index (χ2n) is 8.98. The highest BCUT2D eigenvalue weighted by Gasteiger charge is 2.58. The van der Waals surface area contributed by atoms with Crippen molar-refractivity contribution in [1.29, 1.82) is 0 Å². The van der Waals surface area contributed by atoms with Crippen molar-refractivity contribution in [3.05, 3.63) is 77.6 Å². The van der Waals surface area contributed by atoms with Crippen LogP contribution in [0.25, 0.3) is 0 Å². The third kappa shape index (κ3) is 6.55. The second kappa shape index (κ2) is 11.3. The van der Waals surface area contributed by atoms with Crippen LogP contribution >= 0.6 is 0 Å². The number of hydrogen-bond donors (Lipinski definition) is 2. The van der Waals surface area contributed by atoms with Crippen LogP contribution in [0, 0.1) is 0 Å². The quantitative estimate of drug-likeness (QED) is 0.373. The molecule has 0 radical (unpaired) electrons. The molecule has 202 valence electrons. The first-order valence-electron chi connectivity index (χ1n) is 11.9. The molecule has 3 aromatic rings. The summed E-state index contributed by atoms with van der Waals surface area (Å²) in [4.78, 5) is 23.6. The number of benzene rings is 1. The molecule has 0 bridgehead atoms. The average molecular weight is 536 g/mol. The molecule has 2 N–H and O–H groups in total. The number of aromatic nitrogens is 2. The monoisotopic (exact) mass is 535 g/mol. The first-order valence-corrected chi connectivity index (χ1v) is 11.9. The number of nitrogens with one attached hydrogen (secondary N) is 2. The molecule has 0 unspecified atom stereocenters. The van der Waals surface area contributed by atoms with Gasteiger partial charge in [-0.3, -0.25) is 4.79 Å². The maximum atomic E-state index is 13.5. The van der Waals surface area contributed by atoms with E-state index in [1.54, 1.807) is 18.3 Å². The molecular formula is C26H26F5N5O2. The third-order valence-electron chi connectivity index (χ3n) is 6.13.